The Morgan fingerprint density at radius 2 is 1.38 bits per heavy atom. The third-order valence-corrected chi connectivity index (χ3v) is 3.36. The minimum absolute atomic E-state index is 0.0790. The van der Waals surface area contributed by atoms with Crippen molar-refractivity contribution in [2.24, 2.45) is 5.92 Å². The second kappa shape index (κ2) is 5.83. The van der Waals surface area contributed by atoms with Gasteiger partial charge in [0.2, 0.25) is 0 Å². The molecule has 0 amide bonds. The van der Waals surface area contributed by atoms with E-state index in [1.165, 1.54) is 24.3 Å². The van der Waals surface area contributed by atoms with Gasteiger partial charge in [-0.1, -0.05) is 13.0 Å². The molecule has 5 nitrogen and oxygen atoms in total. The zero-order valence-electron chi connectivity index (χ0n) is 11.6. The molecule has 1 atom stereocenters. The molecule has 0 radical (unpaired) electrons. The van der Waals surface area contributed by atoms with Gasteiger partial charge in [0.1, 0.15) is 17.2 Å². The van der Waals surface area contributed by atoms with Gasteiger partial charge in [-0.05, 0) is 36.5 Å². The van der Waals surface area contributed by atoms with Crippen LogP contribution in [0, 0.1) is 5.92 Å². The van der Waals surface area contributed by atoms with Crippen LogP contribution in [-0.4, -0.2) is 25.5 Å². The van der Waals surface area contributed by atoms with Crippen molar-refractivity contribution in [1.29, 1.82) is 0 Å². The third kappa shape index (κ3) is 3.51. The van der Waals surface area contributed by atoms with Crippen molar-refractivity contribution >= 4 is 0 Å². The van der Waals surface area contributed by atoms with Crippen LogP contribution in [0.25, 0.3) is 0 Å². The van der Waals surface area contributed by atoms with Crippen LogP contribution < -0.4 is 0 Å². The minimum Gasteiger partial charge on any atom is -0.508 e. The van der Waals surface area contributed by atoms with E-state index in [-0.39, 0.29) is 34.7 Å². The molecule has 0 aliphatic heterocycles. The van der Waals surface area contributed by atoms with Crippen molar-refractivity contribution in [2.45, 2.75) is 19.8 Å². The molecule has 0 aromatic heterocycles. The maximum atomic E-state index is 9.77. The topological polar surface area (TPSA) is 101 Å². The molecule has 0 bridgehead atoms. The molecule has 21 heavy (non-hydrogen) atoms. The first-order valence-corrected chi connectivity index (χ1v) is 6.61. The maximum absolute atomic E-state index is 9.77. The first-order valence-electron chi connectivity index (χ1n) is 6.61. The van der Waals surface area contributed by atoms with Gasteiger partial charge in [0.05, 0.1) is 0 Å². The fraction of sp³-hybridized carbons (Fsp3) is 0.250. The molecule has 0 unspecified atom stereocenters. The second-order valence-corrected chi connectivity index (χ2v) is 5.30. The number of benzene rings is 2. The molecule has 5 N–H and O–H groups in total. The highest BCUT2D eigenvalue weighted by Crippen LogP contribution is 2.34. The Bertz CT molecular complexity index is 628. The second-order valence-electron chi connectivity index (χ2n) is 5.30. The number of phenolic OH excluding ortho intramolecular Hbond substituents is 5. The predicted octanol–water partition coefficient (Wildman–Crippen LogP) is 2.64. The van der Waals surface area contributed by atoms with Crippen molar-refractivity contribution < 1.29 is 25.5 Å². The Balaban J connectivity index is 2.11. The molecule has 0 spiro atoms. The van der Waals surface area contributed by atoms with Gasteiger partial charge in [0.15, 0.2) is 11.5 Å². The average molecular weight is 290 g/mol. The average Bonchev–Trinajstić information content (AvgIpc) is 2.38. The summed E-state index contributed by atoms with van der Waals surface area (Å²) in [4.78, 5) is 0. The van der Waals surface area contributed by atoms with Crippen molar-refractivity contribution in [3.8, 4) is 28.7 Å². The number of aromatic hydroxyl groups is 5. The number of hydrogen-bond donors (Lipinski definition) is 5. The van der Waals surface area contributed by atoms with Gasteiger partial charge in [0.25, 0.3) is 0 Å². The molecule has 0 saturated carbocycles. The molecular weight excluding hydrogens is 272 g/mol. The number of rotatable bonds is 4. The summed E-state index contributed by atoms with van der Waals surface area (Å²) in [7, 11) is 0. The zero-order valence-corrected chi connectivity index (χ0v) is 11.6. The van der Waals surface area contributed by atoms with Gasteiger partial charge in [-0.2, -0.15) is 0 Å². The van der Waals surface area contributed by atoms with Crippen LogP contribution >= 0.6 is 0 Å². The van der Waals surface area contributed by atoms with Gasteiger partial charge in [-0.25, -0.2) is 0 Å². The van der Waals surface area contributed by atoms with E-state index in [1.807, 2.05) is 6.92 Å². The zero-order chi connectivity index (χ0) is 15.6. The quantitative estimate of drug-likeness (QED) is 0.557. The molecule has 2 aromatic rings. The molecule has 112 valence electrons. The van der Waals surface area contributed by atoms with Crippen LogP contribution in [0.2, 0.25) is 0 Å². The first kappa shape index (κ1) is 14.8. The fourth-order valence-electron chi connectivity index (χ4n) is 2.36. The first-order chi connectivity index (χ1) is 9.86. The summed E-state index contributed by atoms with van der Waals surface area (Å²) >= 11 is 0. The molecule has 0 fully saturated rings. The predicted molar refractivity (Wildman–Crippen MR) is 77.8 cm³/mol. The highest BCUT2D eigenvalue weighted by atomic mass is 16.3. The standard InChI is InChI=1S/C16H18O5/c1-9(4-10-2-3-13(18)16(21)6-10)5-12-14(19)7-11(17)8-15(12)20/h2-3,6-9,17-21H,4-5H2,1H3/t9-/m0/s1. The Hall–Kier alpha value is -2.56. The molecular formula is C16H18O5. The van der Waals surface area contributed by atoms with Gasteiger partial charge in [-0.15, -0.1) is 0 Å². The van der Waals surface area contributed by atoms with E-state index < -0.39 is 0 Å². The van der Waals surface area contributed by atoms with E-state index in [1.54, 1.807) is 6.07 Å². The highest BCUT2D eigenvalue weighted by Gasteiger charge is 2.14. The van der Waals surface area contributed by atoms with Crippen LogP contribution in [0.15, 0.2) is 30.3 Å². The van der Waals surface area contributed by atoms with Gasteiger partial charge in [-0.3, -0.25) is 0 Å². The molecule has 2 aromatic carbocycles. The lowest BCUT2D eigenvalue weighted by atomic mass is 9.93. The van der Waals surface area contributed by atoms with Gasteiger partial charge in [0, 0.05) is 17.7 Å². The van der Waals surface area contributed by atoms with E-state index >= 15 is 0 Å². The van der Waals surface area contributed by atoms with Crippen molar-refractivity contribution in [3.05, 3.63) is 41.5 Å². The van der Waals surface area contributed by atoms with Crippen molar-refractivity contribution in [2.75, 3.05) is 0 Å². The van der Waals surface area contributed by atoms with Crippen LogP contribution in [0.3, 0.4) is 0 Å². The van der Waals surface area contributed by atoms with Crippen molar-refractivity contribution in [3.63, 3.8) is 0 Å². The maximum Gasteiger partial charge on any atom is 0.157 e. The normalized spacial score (nSPS) is 12.2. The van der Waals surface area contributed by atoms with E-state index in [0.717, 1.165) is 5.56 Å². The van der Waals surface area contributed by atoms with Crippen LogP contribution in [0.5, 0.6) is 28.7 Å². The molecule has 0 aliphatic carbocycles. The summed E-state index contributed by atoms with van der Waals surface area (Å²) in [5, 5.41) is 47.6. The summed E-state index contributed by atoms with van der Waals surface area (Å²) in [5.74, 6) is -0.740. The molecule has 2 rings (SSSR count). The lowest BCUT2D eigenvalue weighted by Crippen LogP contribution is -2.04. The summed E-state index contributed by atoms with van der Waals surface area (Å²) < 4.78 is 0. The summed E-state index contributed by atoms with van der Waals surface area (Å²) in [6.07, 6.45) is 1.02. The SMILES string of the molecule is C[C@@H](Cc1ccc(O)c(O)c1)Cc1c(O)cc(O)cc1O. The minimum atomic E-state index is -0.190. The van der Waals surface area contributed by atoms with Crippen molar-refractivity contribution in [1.82, 2.24) is 0 Å². The van der Waals surface area contributed by atoms with Gasteiger partial charge >= 0.3 is 0 Å². The fourth-order valence-corrected chi connectivity index (χ4v) is 2.36. The third-order valence-electron chi connectivity index (χ3n) is 3.36. The highest BCUT2D eigenvalue weighted by molar-refractivity contribution is 5.49. The number of phenols is 5. The number of hydrogen-bond acceptors (Lipinski definition) is 5. The van der Waals surface area contributed by atoms with E-state index in [2.05, 4.69) is 0 Å². The lowest BCUT2D eigenvalue weighted by molar-refractivity contribution is 0.401. The van der Waals surface area contributed by atoms with Gasteiger partial charge < -0.3 is 25.5 Å². The summed E-state index contributed by atoms with van der Waals surface area (Å²) in [6.45, 7) is 1.94. The monoisotopic (exact) mass is 290 g/mol. The Labute approximate surface area is 122 Å². The molecule has 0 saturated heterocycles. The summed E-state index contributed by atoms with van der Waals surface area (Å²) in [5.41, 5.74) is 1.22. The van der Waals surface area contributed by atoms with E-state index in [4.69, 9.17) is 0 Å². The Morgan fingerprint density at radius 3 is 1.95 bits per heavy atom. The lowest BCUT2D eigenvalue weighted by Gasteiger charge is -2.14. The molecule has 0 heterocycles. The summed E-state index contributed by atoms with van der Waals surface area (Å²) in [6, 6.07) is 7.00. The smallest absolute Gasteiger partial charge is 0.157 e. The Kier molecular flexibility index (Phi) is 4.12. The van der Waals surface area contributed by atoms with E-state index in [9.17, 15) is 25.5 Å². The van der Waals surface area contributed by atoms with Crippen LogP contribution in [0.1, 0.15) is 18.1 Å². The van der Waals surface area contributed by atoms with Crippen LogP contribution in [0.4, 0.5) is 0 Å². The Morgan fingerprint density at radius 1 is 0.762 bits per heavy atom. The molecule has 0 aliphatic rings. The van der Waals surface area contributed by atoms with E-state index in [0.29, 0.717) is 18.4 Å². The largest absolute Gasteiger partial charge is 0.508 e. The molecule has 5 heteroatoms. The van der Waals surface area contributed by atoms with Crippen LogP contribution in [-0.2, 0) is 12.8 Å².